The van der Waals surface area contributed by atoms with Crippen LogP contribution in [0.2, 0.25) is 5.02 Å². The van der Waals surface area contributed by atoms with Crippen molar-refractivity contribution in [3.63, 3.8) is 0 Å². The fourth-order valence-electron chi connectivity index (χ4n) is 3.93. The zero-order chi connectivity index (χ0) is 22.3. The third-order valence-electron chi connectivity index (χ3n) is 5.40. The summed E-state index contributed by atoms with van der Waals surface area (Å²) in [4.78, 5) is 28.2. The van der Waals surface area contributed by atoms with E-state index < -0.39 is 11.9 Å². The molecule has 1 amide bonds. The Labute approximate surface area is 183 Å². The van der Waals surface area contributed by atoms with Crippen LogP contribution in [0.1, 0.15) is 46.6 Å². The molecule has 0 spiro atoms. The number of carbonyl (C=O) groups excluding carboxylic acids is 1. The molecule has 2 N–H and O–H groups in total. The van der Waals surface area contributed by atoms with E-state index in [4.69, 9.17) is 20.8 Å². The summed E-state index contributed by atoms with van der Waals surface area (Å²) >= 11 is 6.23. The number of carbonyl (C=O) groups is 1. The van der Waals surface area contributed by atoms with Gasteiger partial charge in [-0.3, -0.25) is 9.59 Å². The van der Waals surface area contributed by atoms with Crippen molar-refractivity contribution < 1.29 is 24.2 Å². The number of ether oxygens (including phenoxy) is 1. The van der Waals surface area contributed by atoms with Crippen LogP contribution in [0.15, 0.2) is 39.5 Å². The van der Waals surface area contributed by atoms with Gasteiger partial charge in [-0.25, -0.2) is 0 Å². The Kier molecular flexibility index (Phi) is 5.64. The molecule has 2 heterocycles. The number of amides is 1. The van der Waals surface area contributed by atoms with Crippen LogP contribution in [0.4, 0.5) is 0 Å². The Hall–Kier alpha value is -3.03. The zero-order valence-electron chi connectivity index (χ0n) is 17.1. The summed E-state index contributed by atoms with van der Waals surface area (Å²) in [7, 11) is 0. The molecule has 2 aromatic carbocycles. The summed E-state index contributed by atoms with van der Waals surface area (Å²) < 4.78 is 11.4. The molecule has 1 atom stereocenters. The first-order valence-electron chi connectivity index (χ1n) is 10.0. The van der Waals surface area contributed by atoms with Gasteiger partial charge in [0.15, 0.2) is 16.9 Å². The van der Waals surface area contributed by atoms with Crippen molar-refractivity contribution in [3.05, 3.63) is 68.0 Å². The first kappa shape index (κ1) is 21.2. The fourth-order valence-corrected chi connectivity index (χ4v) is 4.09. The monoisotopic (exact) mass is 443 g/mol. The number of aromatic hydroxyl groups is 1. The highest BCUT2D eigenvalue weighted by molar-refractivity contribution is 6.32. The Morgan fingerprint density at radius 3 is 2.71 bits per heavy atom. The van der Waals surface area contributed by atoms with Crippen molar-refractivity contribution >= 4 is 28.5 Å². The van der Waals surface area contributed by atoms with Crippen molar-refractivity contribution in [3.8, 4) is 11.5 Å². The van der Waals surface area contributed by atoms with E-state index in [1.807, 2.05) is 0 Å². The van der Waals surface area contributed by atoms with Crippen molar-refractivity contribution in [2.75, 3.05) is 19.8 Å². The fraction of sp³-hybridized carbons (Fsp3) is 0.304. The quantitative estimate of drug-likeness (QED) is 0.601. The molecule has 162 valence electrons. The summed E-state index contributed by atoms with van der Waals surface area (Å²) in [5.41, 5.74) is 1.49. The number of aliphatic hydroxyl groups is 1. The average Bonchev–Trinajstić information content (AvgIpc) is 3.02. The SMILES string of the molecule is CCOc1cc(C2c3c(oc4cc(C)c(Cl)cc4c3=O)C(=O)N2CCCO)ccc1O. The lowest BCUT2D eigenvalue weighted by atomic mass is 9.97. The van der Waals surface area contributed by atoms with Gasteiger partial charge >= 0.3 is 0 Å². The topological polar surface area (TPSA) is 100 Å². The van der Waals surface area contributed by atoms with E-state index in [-0.39, 0.29) is 41.4 Å². The van der Waals surface area contributed by atoms with Gasteiger partial charge in [0, 0.05) is 18.2 Å². The molecule has 1 aliphatic rings. The molecule has 0 radical (unpaired) electrons. The van der Waals surface area contributed by atoms with Crippen molar-refractivity contribution in [1.82, 2.24) is 4.90 Å². The van der Waals surface area contributed by atoms with Crippen molar-refractivity contribution in [2.24, 2.45) is 0 Å². The number of benzene rings is 2. The highest BCUT2D eigenvalue weighted by Crippen LogP contribution is 2.41. The number of halogens is 1. The lowest BCUT2D eigenvalue weighted by Gasteiger charge is -2.25. The van der Waals surface area contributed by atoms with Crippen LogP contribution in [-0.2, 0) is 0 Å². The minimum absolute atomic E-state index is 0.0202. The Morgan fingerprint density at radius 2 is 2.00 bits per heavy atom. The lowest BCUT2D eigenvalue weighted by Crippen LogP contribution is -2.31. The first-order valence-corrected chi connectivity index (χ1v) is 10.4. The lowest BCUT2D eigenvalue weighted by molar-refractivity contribution is 0.0716. The molecule has 4 rings (SSSR count). The molecular formula is C23H22ClNO6. The third kappa shape index (κ3) is 3.54. The van der Waals surface area contributed by atoms with Crippen LogP contribution >= 0.6 is 11.6 Å². The predicted molar refractivity (Wildman–Crippen MR) is 116 cm³/mol. The van der Waals surface area contributed by atoms with E-state index in [1.165, 1.54) is 11.0 Å². The van der Waals surface area contributed by atoms with Crippen LogP contribution in [0, 0.1) is 6.92 Å². The standard InChI is InChI=1S/C23H22ClNO6/c1-3-30-18-10-13(5-6-16(18)27)20-19-21(28)14-11-15(24)12(2)9-17(14)31-22(19)23(29)25(20)7-4-8-26/h5-6,9-11,20,26-27H,3-4,7-8H2,1-2H3. The van der Waals surface area contributed by atoms with Crippen LogP contribution in [-0.4, -0.2) is 40.8 Å². The van der Waals surface area contributed by atoms with E-state index in [2.05, 4.69) is 0 Å². The maximum absolute atomic E-state index is 13.5. The van der Waals surface area contributed by atoms with Gasteiger partial charge in [0.05, 0.1) is 23.6 Å². The molecule has 0 aliphatic carbocycles. The molecule has 7 nitrogen and oxygen atoms in total. The third-order valence-corrected chi connectivity index (χ3v) is 5.81. The van der Waals surface area contributed by atoms with Crippen LogP contribution in [0.3, 0.4) is 0 Å². The molecule has 0 saturated heterocycles. The second-order valence-electron chi connectivity index (χ2n) is 7.41. The van der Waals surface area contributed by atoms with Crippen molar-refractivity contribution in [1.29, 1.82) is 0 Å². The predicted octanol–water partition coefficient (Wildman–Crippen LogP) is 3.79. The van der Waals surface area contributed by atoms with Crippen LogP contribution < -0.4 is 10.2 Å². The van der Waals surface area contributed by atoms with Gasteiger partial charge in [-0.15, -0.1) is 0 Å². The molecule has 1 unspecified atom stereocenters. The molecule has 0 saturated carbocycles. The minimum atomic E-state index is -0.741. The summed E-state index contributed by atoms with van der Waals surface area (Å²) in [5, 5.41) is 20.1. The number of aryl methyl sites for hydroxylation is 1. The van der Waals surface area contributed by atoms with E-state index >= 15 is 0 Å². The Bertz CT molecular complexity index is 1230. The average molecular weight is 444 g/mol. The summed E-state index contributed by atoms with van der Waals surface area (Å²) in [5.74, 6) is -0.226. The van der Waals surface area contributed by atoms with Crippen molar-refractivity contribution in [2.45, 2.75) is 26.3 Å². The number of phenols is 1. The molecule has 3 aromatic rings. The van der Waals surface area contributed by atoms with Gasteiger partial charge in [-0.1, -0.05) is 17.7 Å². The normalized spacial score (nSPS) is 15.5. The smallest absolute Gasteiger partial charge is 0.290 e. The van der Waals surface area contributed by atoms with Gasteiger partial charge in [0.2, 0.25) is 5.76 Å². The highest BCUT2D eigenvalue weighted by Gasteiger charge is 2.42. The van der Waals surface area contributed by atoms with Gasteiger partial charge < -0.3 is 24.3 Å². The first-order chi connectivity index (χ1) is 14.9. The number of hydrogen-bond acceptors (Lipinski definition) is 6. The number of fused-ring (bicyclic) bond motifs is 2. The Balaban J connectivity index is 1.97. The van der Waals surface area contributed by atoms with E-state index in [9.17, 15) is 19.8 Å². The number of hydrogen-bond donors (Lipinski definition) is 2. The van der Waals surface area contributed by atoms with Gasteiger partial charge in [0.1, 0.15) is 5.58 Å². The number of phenolic OH excluding ortho intramolecular Hbond substituents is 1. The number of nitrogens with zero attached hydrogens (tertiary/aromatic N) is 1. The van der Waals surface area contributed by atoms with Gasteiger partial charge in [-0.05, 0) is 55.7 Å². The Morgan fingerprint density at radius 1 is 1.23 bits per heavy atom. The minimum Gasteiger partial charge on any atom is -0.504 e. The second-order valence-corrected chi connectivity index (χ2v) is 7.82. The molecule has 0 bridgehead atoms. The van der Waals surface area contributed by atoms with Crippen LogP contribution in [0.5, 0.6) is 11.5 Å². The van der Waals surface area contributed by atoms with E-state index in [0.29, 0.717) is 34.6 Å². The summed E-state index contributed by atoms with van der Waals surface area (Å²) in [6.07, 6.45) is 0.339. The van der Waals surface area contributed by atoms with Gasteiger partial charge in [0.25, 0.3) is 5.91 Å². The van der Waals surface area contributed by atoms with Gasteiger partial charge in [-0.2, -0.15) is 0 Å². The number of aliphatic hydroxyl groups excluding tert-OH is 1. The molecule has 1 aromatic heterocycles. The maximum atomic E-state index is 13.5. The molecule has 0 fully saturated rings. The van der Waals surface area contributed by atoms with E-state index in [0.717, 1.165) is 5.56 Å². The molecule has 1 aliphatic heterocycles. The number of rotatable bonds is 6. The largest absolute Gasteiger partial charge is 0.504 e. The molecule has 31 heavy (non-hydrogen) atoms. The maximum Gasteiger partial charge on any atom is 0.290 e. The highest BCUT2D eigenvalue weighted by atomic mass is 35.5. The van der Waals surface area contributed by atoms with E-state index in [1.54, 1.807) is 38.1 Å². The summed E-state index contributed by atoms with van der Waals surface area (Å²) in [6.45, 7) is 4.05. The zero-order valence-corrected chi connectivity index (χ0v) is 17.9. The second kappa shape index (κ2) is 8.24. The summed E-state index contributed by atoms with van der Waals surface area (Å²) in [6, 6.07) is 7.18. The molecular weight excluding hydrogens is 422 g/mol. The van der Waals surface area contributed by atoms with Crippen LogP contribution in [0.25, 0.3) is 11.0 Å². The molecule has 8 heteroatoms.